The predicted molar refractivity (Wildman–Crippen MR) is 28.6 cm³/mol. The van der Waals surface area contributed by atoms with E-state index in [1.54, 1.807) is 0 Å². The van der Waals surface area contributed by atoms with Crippen LogP contribution < -0.4 is 0 Å². The van der Waals surface area contributed by atoms with Gasteiger partial charge in [0.05, 0.1) is 0 Å². The zero-order valence-corrected chi connectivity index (χ0v) is 8.27. The van der Waals surface area contributed by atoms with Crippen LogP contribution in [0.2, 0.25) is 0 Å². The van der Waals surface area contributed by atoms with Crippen LogP contribution in [-0.2, 0) is 37.5 Å². The van der Waals surface area contributed by atoms with Crippen LogP contribution in [0, 0.1) is 5.92 Å². The van der Waals surface area contributed by atoms with Gasteiger partial charge in [-0.1, -0.05) is 6.47 Å². The molecule has 1 N–H and O–H groups in total. The minimum Gasteiger partial charge on any atom is -0.665 e. The first-order valence-corrected chi connectivity index (χ1v) is 1.93. The Kier molecular flexibility index (Phi) is 31.0. The Hall–Kier alpha value is 0.574. The van der Waals surface area contributed by atoms with E-state index in [1.165, 1.54) is 5.92 Å². The van der Waals surface area contributed by atoms with E-state index in [-0.39, 0.29) is 32.7 Å². The maximum Gasteiger partial charge on any atom is 0 e. The Morgan fingerprint density at radius 2 is 1.38 bits per heavy atom. The van der Waals surface area contributed by atoms with Gasteiger partial charge in [0.1, 0.15) is 0 Å². The molecule has 0 aromatic carbocycles. The van der Waals surface area contributed by atoms with Crippen LogP contribution in [-0.4, -0.2) is 11.6 Å². The second-order valence-corrected chi connectivity index (χ2v) is 1.59. The zero-order chi connectivity index (χ0) is 6.28. The van der Waals surface area contributed by atoms with Crippen molar-refractivity contribution in [2.45, 2.75) is 20.8 Å². The van der Waals surface area contributed by atoms with Crippen molar-refractivity contribution in [1.29, 1.82) is 0 Å². The maximum absolute atomic E-state index is 8.24. The van der Waals surface area contributed by atoms with Crippen LogP contribution in [0.3, 0.4) is 0 Å². The standard InChI is InChI=1S/C4H9.CHO2.Y/c1-4(2)3;2-1-3;/h1-3H3;(H,2,3);/q2*-1;. The Labute approximate surface area is 75.5 Å². The molecular formula is C5H10O2Y-2. The van der Waals surface area contributed by atoms with Crippen molar-refractivity contribution in [3.05, 3.63) is 5.92 Å². The van der Waals surface area contributed by atoms with Crippen molar-refractivity contribution in [3.63, 3.8) is 0 Å². The third-order valence-electron chi connectivity index (χ3n) is 0. The molecule has 0 aromatic rings. The largest absolute Gasteiger partial charge is 0.665 e. The fraction of sp³-hybridized carbons (Fsp3) is 0.600. The molecule has 0 unspecified atom stereocenters. The van der Waals surface area contributed by atoms with Crippen LogP contribution in [0.5, 0.6) is 0 Å². The van der Waals surface area contributed by atoms with Crippen LogP contribution >= 0.6 is 0 Å². The monoisotopic (exact) mass is 191 g/mol. The zero-order valence-electron chi connectivity index (χ0n) is 5.43. The fourth-order valence-electron chi connectivity index (χ4n) is 0. The van der Waals surface area contributed by atoms with E-state index >= 15 is 0 Å². The topological polar surface area (TPSA) is 37.3 Å². The Bertz CT molecular complexity index is 34.7. The predicted octanol–water partition coefficient (Wildman–Crippen LogP) is 1.23. The summed E-state index contributed by atoms with van der Waals surface area (Å²) >= 11 is 0. The van der Waals surface area contributed by atoms with E-state index in [9.17, 15) is 0 Å². The fourth-order valence-corrected chi connectivity index (χ4v) is 0. The van der Waals surface area contributed by atoms with E-state index in [4.69, 9.17) is 9.90 Å². The molecule has 0 aliphatic rings. The molecule has 47 valence electrons. The van der Waals surface area contributed by atoms with Gasteiger partial charge in [-0.2, -0.15) is 20.8 Å². The molecule has 0 rings (SSSR count). The minimum atomic E-state index is 0. The van der Waals surface area contributed by atoms with Gasteiger partial charge >= 0.3 is 0 Å². The summed E-state index contributed by atoms with van der Waals surface area (Å²) in [6.07, 6.45) is 0. The van der Waals surface area contributed by atoms with Gasteiger partial charge in [-0.15, -0.1) is 0 Å². The van der Waals surface area contributed by atoms with Crippen molar-refractivity contribution in [1.82, 2.24) is 0 Å². The maximum atomic E-state index is 8.24. The second-order valence-electron chi connectivity index (χ2n) is 1.59. The molecule has 0 aromatic heterocycles. The summed E-state index contributed by atoms with van der Waals surface area (Å²) in [6, 6.07) is 0. The first-order valence-electron chi connectivity index (χ1n) is 1.93. The molecule has 0 aliphatic heterocycles. The molecule has 0 bridgehead atoms. The van der Waals surface area contributed by atoms with Crippen LogP contribution in [0.1, 0.15) is 20.8 Å². The molecule has 0 amide bonds. The molecule has 0 fully saturated rings. The number of rotatable bonds is 0. The van der Waals surface area contributed by atoms with Gasteiger partial charge < -0.3 is 15.8 Å². The van der Waals surface area contributed by atoms with Crippen molar-refractivity contribution >= 4 is 6.47 Å². The molecule has 1 radical (unpaired) electrons. The smallest absolute Gasteiger partial charge is 0 e. The minimum absolute atomic E-state index is 0. The number of aliphatic hydroxyl groups excluding tert-OH is 1. The molecule has 8 heavy (non-hydrogen) atoms. The Morgan fingerprint density at radius 1 is 1.38 bits per heavy atom. The normalized spacial score (nSPS) is 6.00. The van der Waals surface area contributed by atoms with Gasteiger partial charge in [0, 0.05) is 32.7 Å². The molecule has 3 heteroatoms. The number of hydrogen-bond acceptors (Lipinski definition) is 1. The Balaban J connectivity index is -0.0000000575. The summed E-state index contributed by atoms with van der Waals surface area (Å²) in [6.45, 7) is 6.75. The second kappa shape index (κ2) is 15.6. The van der Waals surface area contributed by atoms with Crippen molar-refractivity contribution in [2.75, 3.05) is 0 Å². The first-order chi connectivity index (χ1) is 3.15. The third-order valence-corrected chi connectivity index (χ3v) is 0. The van der Waals surface area contributed by atoms with Crippen molar-refractivity contribution in [2.24, 2.45) is 0 Å². The number of hydrogen-bond donors (Lipinski definition) is 1. The molecule has 0 saturated carbocycles. The third kappa shape index (κ3) is 620. The summed E-state index contributed by atoms with van der Waals surface area (Å²) in [4.78, 5) is 8.24. The molecule has 0 atom stereocenters. The summed E-state index contributed by atoms with van der Waals surface area (Å²) in [7, 11) is 0. The molecule has 0 saturated heterocycles. The summed E-state index contributed by atoms with van der Waals surface area (Å²) < 4.78 is 0. The van der Waals surface area contributed by atoms with Gasteiger partial charge in [-0.25, -0.2) is 0 Å². The molecule has 0 spiro atoms. The van der Waals surface area contributed by atoms with Crippen LogP contribution in [0.25, 0.3) is 0 Å². The van der Waals surface area contributed by atoms with Crippen LogP contribution in [0.15, 0.2) is 0 Å². The molecule has 0 aliphatic carbocycles. The van der Waals surface area contributed by atoms with Gasteiger partial charge in [-0.3, -0.25) is 0 Å². The Morgan fingerprint density at radius 3 is 1.38 bits per heavy atom. The SMILES string of the molecule is C[C-](C)C.O=[C-]O.[Y]. The van der Waals surface area contributed by atoms with Crippen molar-refractivity contribution in [3.8, 4) is 0 Å². The molecular weight excluding hydrogens is 181 g/mol. The van der Waals surface area contributed by atoms with Gasteiger partial charge in [0.2, 0.25) is 0 Å². The van der Waals surface area contributed by atoms with E-state index in [0.717, 1.165) is 0 Å². The summed E-state index contributed by atoms with van der Waals surface area (Å²) in [5, 5.41) is 6.76. The van der Waals surface area contributed by atoms with E-state index in [1.807, 2.05) is 0 Å². The first kappa shape index (κ1) is 15.8. The average Bonchev–Trinajstić information content (AvgIpc) is 1.33. The summed E-state index contributed by atoms with van der Waals surface area (Å²) in [5.74, 6) is 1.42. The molecule has 2 nitrogen and oxygen atoms in total. The quantitative estimate of drug-likeness (QED) is 0.584. The van der Waals surface area contributed by atoms with Crippen LogP contribution in [0.4, 0.5) is 0 Å². The van der Waals surface area contributed by atoms with Gasteiger partial charge in [0.25, 0.3) is 0 Å². The van der Waals surface area contributed by atoms with E-state index < -0.39 is 0 Å². The molecule has 0 heterocycles. The summed E-state index contributed by atoms with van der Waals surface area (Å²) in [5.41, 5.74) is 0. The van der Waals surface area contributed by atoms with E-state index in [2.05, 4.69) is 20.8 Å². The van der Waals surface area contributed by atoms with E-state index in [0.29, 0.717) is 6.47 Å². The van der Waals surface area contributed by atoms with Gasteiger partial charge in [0.15, 0.2) is 0 Å². The van der Waals surface area contributed by atoms with Crippen molar-refractivity contribution < 1.29 is 42.6 Å². The average molecular weight is 191 g/mol. The van der Waals surface area contributed by atoms with Gasteiger partial charge in [-0.05, 0) is 0 Å².